The molecule has 0 spiro atoms. The van der Waals surface area contributed by atoms with Crippen molar-refractivity contribution in [2.45, 2.75) is 43.0 Å². The van der Waals surface area contributed by atoms with E-state index in [0.717, 1.165) is 30.0 Å². The number of nitrogens with zero attached hydrogens (tertiary/aromatic N) is 2. The Balaban J connectivity index is 1.81. The number of carbonyl (C=O) groups excluding carboxylic acids is 2. The third kappa shape index (κ3) is 3.91. The van der Waals surface area contributed by atoms with E-state index >= 15 is 0 Å². The predicted molar refractivity (Wildman–Crippen MR) is 97.2 cm³/mol. The molecular weight excluding hydrogens is 354 g/mol. The molecule has 0 atom stereocenters. The van der Waals surface area contributed by atoms with Gasteiger partial charge in [0.05, 0.1) is 11.4 Å². The minimum Gasteiger partial charge on any atom is -0.354 e. The maximum Gasteiger partial charge on any atom is 0.253 e. The van der Waals surface area contributed by atoms with Gasteiger partial charge in [0.25, 0.3) is 5.91 Å². The van der Waals surface area contributed by atoms with Crippen LogP contribution in [0.1, 0.15) is 42.5 Å². The van der Waals surface area contributed by atoms with Gasteiger partial charge in [0.2, 0.25) is 15.9 Å². The van der Waals surface area contributed by atoms with Crippen LogP contribution in [0.3, 0.4) is 0 Å². The molecule has 3 rings (SSSR count). The quantitative estimate of drug-likeness (QED) is 0.852. The van der Waals surface area contributed by atoms with Crippen molar-refractivity contribution in [1.82, 2.24) is 14.5 Å². The Morgan fingerprint density at radius 3 is 2.65 bits per heavy atom. The molecular formula is C18H25N3O4S. The van der Waals surface area contributed by atoms with Crippen LogP contribution in [0.15, 0.2) is 29.2 Å². The average Bonchev–Trinajstić information content (AvgIpc) is 2.67. The van der Waals surface area contributed by atoms with E-state index in [-0.39, 0.29) is 35.8 Å². The van der Waals surface area contributed by atoms with Crippen LogP contribution in [-0.2, 0) is 14.8 Å². The van der Waals surface area contributed by atoms with Gasteiger partial charge in [-0.3, -0.25) is 9.59 Å². The van der Waals surface area contributed by atoms with Crippen molar-refractivity contribution < 1.29 is 18.0 Å². The van der Waals surface area contributed by atoms with Crippen molar-refractivity contribution in [1.29, 1.82) is 0 Å². The lowest BCUT2D eigenvalue weighted by molar-refractivity contribution is -0.122. The van der Waals surface area contributed by atoms with Gasteiger partial charge in [-0.1, -0.05) is 25.3 Å². The molecule has 1 saturated heterocycles. The van der Waals surface area contributed by atoms with E-state index in [1.54, 1.807) is 24.1 Å². The molecule has 1 aromatic rings. The molecule has 142 valence electrons. The molecule has 1 aliphatic heterocycles. The fourth-order valence-corrected chi connectivity index (χ4v) is 5.04. The van der Waals surface area contributed by atoms with Crippen molar-refractivity contribution in [2.24, 2.45) is 0 Å². The number of carbonyl (C=O) groups is 2. The summed E-state index contributed by atoms with van der Waals surface area (Å²) in [7, 11) is -2.01. The zero-order valence-electron chi connectivity index (χ0n) is 15.0. The van der Waals surface area contributed by atoms with Gasteiger partial charge in [-0.15, -0.1) is 0 Å². The van der Waals surface area contributed by atoms with Crippen LogP contribution in [0.2, 0.25) is 0 Å². The molecule has 8 heteroatoms. The number of nitrogens with one attached hydrogen (secondary N) is 1. The summed E-state index contributed by atoms with van der Waals surface area (Å²) in [5, 5.41) is 2.61. The first-order valence-corrected chi connectivity index (χ1v) is 10.5. The van der Waals surface area contributed by atoms with Crippen molar-refractivity contribution in [3.63, 3.8) is 0 Å². The van der Waals surface area contributed by atoms with E-state index < -0.39 is 10.0 Å². The molecule has 1 aliphatic carbocycles. The summed E-state index contributed by atoms with van der Waals surface area (Å²) in [6.45, 7) is 0.331. The van der Waals surface area contributed by atoms with Gasteiger partial charge in [-0.25, -0.2) is 8.42 Å². The number of hydrogen-bond donors (Lipinski definition) is 1. The molecule has 2 fully saturated rings. The maximum atomic E-state index is 12.8. The second kappa shape index (κ2) is 7.75. The average molecular weight is 379 g/mol. The van der Waals surface area contributed by atoms with E-state index in [4.69, 9.17) is 0 Å². The minimum absolute atomic E-state index is 0.0510. The monoisotopic (exact) mass is 379 g/mol. The molecule has 0 unspecified atom stereocenters. The lowest BCUT2D eigenvalue weighted by atomic mass is 9.94. The van der Waals surface area contributed by atoms with Gasteiger partial charge < -0.3 is 10.2 Å². The Hall–Kier alpha value is -1.93. The second-order valence-corrected chi connectivity index (χ2v) is 8.86. The van der Waals surface area contributed by atoms with Crippen molar-refractivity contribution in [3.05, 3.63) is 29.8 Å². The molecule has 26 heavy (non-hydrogen) atoms. The van der Waals surface area contributed by atoms with Crippen LogP contribution in [0.25, 0.3) is 0 Å². The molecule has 1 heterocycles. The van der Waals surface area contributed by atoms with Gasteiger partial charge in [0.15, 0.2) is 0 Å². The Morgan fingerprint density at radius 2 is 1.96 bits per heavy atom. The number of amides is 2. The molecule has 0 bridgehead atoms. The predicted octanol–water partition coefficient (Wildman–Crippen LogP) is 1.21. The largest absolute Gasteiger partial charge is 0.354 e. The number of piperazine rings is 1. The van der Waals surface area contributed by atoms with Crippen LogP contribution >= 0.6 is 0 Å². The third-order valence-electron chi connectivity index (χ3n) is 5.16. The first-order chi connectivity index (χ1) is 12.4. The number of sulfonamides is 1. The summed E-state index contributed by atoms with van der Waals surface area (Å²) in [5.41, 5.74) is 0.362. The van der Waals surface area contributed by atoms with E-state index in [9.17, 15) is 18.0 Å². The van der Waals surface area contributed by atoms with Gasteiger partial charge >= 0.3 is 0 Å². The number of hydrogen-bond acceptors (Lipinski definition) is 4. The highest BCUT2D eigenvalue weighted by Gasteiger charge is 2.30. The Labute approximate surface area is 154 Å². The lowest BCUT2D eigenvalue weighted by Gasteiger charge is -2.31. The zero-order chi connectivity index (χ0) is 18.7. The third-order valence-corrected chi connectivity index (χ3v) is 7.01. The molecule has 1 aromatic carbocycles. The van der Waals surface area contributed by atoms with Crippen molar-refractivity contribution >= 4 is 21.8 Å². The summed E-state index contributed by atoms with van der Waals surface area (Å²) in [5.74, 6) is -0.477. The molecule has 1 N–H and O–H groups in total. The van der Waals surface area contributed by atoms with Crippen LogP contribution in [0, 0.1) is 0 Å². The standard InChI is InChI=1S/C18H25N3O4S/c1-20(15-7-3-2-4-8-15)18(23)14-6-5-9-16(12-14)26(24,25)21-11-10-19-17(22)13-21/h5-6,9,12,15H,2-4,7-8,10-11,13H2,1H3,(H,19,22). The van der Waals surface area contributed by atoms with Gasteiger partial charge in [0, 0.05) is 31.7 Å². The van der Waals surface area contributed by atoms with Crippen LogP contribution in [-0.4, -0.2) is 62.2 Å². The smallest absolute Gasteiger partial charge is 0.253 e. The van der Waals surface area contributed by atoms with Crippen molar-refractivity contribution in [2.75, 3.05) is 26.7 Å². The van der Waals surface area contributed by atoms with E-state index in [0.29, 0.717) is 12.1 Å². The highest BCUT2D eigenvalue weighted by atomic mass is 32.2. The Bertz CT molecular complexity index is 787. The van der Waals surface area contributed by atoms with E-state index in [1.165, 1.54) is 18.6 Å². The highest BCUT2D eigenvalue weighted by Crippen LogP contribution is 2.24. The van der Waals surface area contributed by atoms with E-state index in [2.05, 4.69) is 5.32 Å². The van der Waals surface area contributed by atoms with Crippen molar-refractivity contribution in [3.8, 4) is 0 Å². The second-order valence-electron chi connectivity index (χ2n) is 6.92. The summed E-state index contributed by atoms with van der Waals surface area (Å²) >= 11 is 0. The summed E-state index contributed by atoms with van der Waals surface area (Å²) in [4.78, 5) is 26.1. The fourth-order valence-electron chi connectivity index (χ4n) is 3.60. The molecule has 2 aliphatic rings. The van der Waals surface area contributed by atoms with Gasteiger partial charge in [-0.2, -0.15) is 4.31 Å². The molecule has 7 nitrogen and oxygen atoms in total. The van der Waals surface area contributed by atoms with Crippen LogP contribution < -0.4 is 5.32 Å². The van der Waals surface area contributed by atoms with Crippen LogP contribution in [0.5, 0.6) is 0 Å². The Morgan fingerprint density at radius 1 is 1.23 bits per heavy atom. The maximum absolute atomic E-state index is 12.8. The minimum atomic E-state index is -3.80. The molecule has 1 saturated carbocycles. The van der Waals surface area contributed by atoms with Gasteiger partial charge in [0.1, 0.15) is 0 Å². The molecule has 0 aromatic heterocycles. The SMILES string of the molecule is CN(C(=O)c1cccc(S(=O)(=O)N2CCNC(=O)C2)c1)C1CCCCC1. The van der Waals surface area contributed by atoms with Crippen LogP contribution in [0.4, 0.5) is 0 Å². The Kier molecular flexibility index (Phi) is 5.62. The summed E-state index contributed by atoms with van der Waals surface area (Å²) in [6.07, 6.45) is 5.42. The highest BCUT2D eigenvalue weighted by molar-refractivity contribution is 7.89. The zero-order valence-corrected chi connectivity index (χ0v) is 15.8. The first-order valence-electron chi connectivity index (χ1n) is 9.03. The van der Waals surface area contributed by atoms with Gasteiger partial charge in [-0.05, 0) is 31.0 Å². The molecule has 2 amide bonds. The number of rotatable bonds is 4. The van der Waals surface area contributed by atoms with E-state index in [1.807, 2.05) is 0 Å². The summed E-state index contributed by atoms with van der Waals surface area (Å²) in [6, 6.07) is 6.33. The normalized spacial score (nSPS) is 19.8. The molecule has 0 radical (unpaired) electrons. The fraction of sp³-hybridized carbons (Fsp3) is 0.556. The summed E-state index contributed by atoms with van der Waals surface area (Å²) < 4.78 is 26.8. The first kappa shape index (κ1) is 18.8. The number of benzene rings is 1. The topological polar surface area (TPSA) is 86.8 Å². The lowest BCUT2D eigenvalue weighted by Crippen LogP contribution is -2.49.